The predicted octanol–water partition coefficient (Wildman–Crippen LogP) is 4.21. The van der Waals surface area contributed by atoms with Crippen molar-refractivity contribution in [3.63, 3.8) is 0 Å². The van der Waals surface area contributed by atoms with Gasteiger partial charge in [-0.15, -0.1) is 0 Å². The number of aromatic nitrogens is 1. The van der Waals surface area contributed by atoms with E-state index >= 15 is 0 Å². The third kappa shape index (κ3) is 3.13. The fraction of sp³-hybridized carbons (Fsp3) is 0.125. The van der Waals surface area contributed by atoms with Crippen LogP contribution in [0, 0.1) is 0 Å². The highest BCUT2D eigenvalue weighted by molar-refractivity contribution is 6.16. The SMILES string of the molecule is COc1cccc2cc(C(=O)C3=C(O)C(=O)N(Cc4ccco4)C3c3ccncc3)oc12. The van der Waals surface area contributed by atoms with Crippen molar-refractivity contribution in [3.8, 4) is 5.75 Å². The maximum atomic E-state index is 13.5. The molecule has 1 amide bonds. The van der Waals surface area contributed by atoms with Crippen LogP contribution in [0.15, 0.2) is 87.4 Å². The summed E-state index contributed by atoms with van der Waals surface area (Å²) in [6, 6.07) is 12.9. The Morgan fingerprint density at radius 3 is 2.72 bits per heavy atom. The third-order valence-corrected chi connectivity index (χ3v) is 5.43. The van der Waals surface area contributed by atoms with Crippen molar-refractivity contribution < 1.29 is 28.3 Å². The van der Waals surface area contributed by atoms with Crippen LogP contribution in [0.3, 0.4) is 0 Å². The Balaban J connectivity index is 1.60. The summed E-state index contributed by atoms with van der Waals surface area (Å²) in [5.74, 6) is -0.869. The molecular weight excluding hydrogens is 412 g/mol. The number of aliphatic hydroxyl groups excluding tert-OH is 1. The van der Waals surface area contributed by atoms with Gasteiger partial charge in [0.05, 0.1) is 31.5 Å². The molecule has 1 N–H and O–H groups in total. The van der Waals surface area contributed by atoms with E-state index in [1.54, 1.807) is 60.9 Å². The summed E-state index contributed by atoms with van der Waals surface area (Å²) in [4.78, 5) is 31.9. The van der Waals surface area contributed by atoms with Gasteiger partial charge < -0.3 is 23.6 Å². The van der Waals surface area contributed by atoms with Crippen LogP contribution in [-0.2, 0) is 11.3 Å². The average molecular weight is 430 g/mol. The van der Waals surface area contributed by atoms with Gasteiger partial charge in [-0.2, -0.15) is 0 Å². The topological polar surface area (TPSA) is 106 Å². The van der Waals surface area contributed by atoms with E-state index in [2.05, 4.69) is 4.98 Å². The number of Topliss-reactive ketones (excluding diaryl/α,β-unsaturated/α-hetero) is 1. The van der Waals surface area contributed by atoms with E-state index in [4.69, 9.17) is 13.6 Å². The van der Waals surface area contributed by atoms with E-state index in [-0.39, 0.29) is 17.9 Å². The summed E-state index contributed by atoms with van der Waals surface area (Å²) in [5.41, 5.74) is 0.974. The van der Waals surface area contributed by atoms with Gasteiger partial charge in [-0.3, -0.25) is 14.6 Å². The first-order valence-electron chi connectivity index (χ1n) is 9.86. The van der Waals surface area contributed by atoms with Crippen LogP contribution in [0.4, 0.5) is 0 Å². The molecule has 160 valence electrons. The number of benzene rings is 1. The van der Waals surface area contributed by atoms with Gasteiger partial charge in [0.1, 0.15) is 5.76 Å². The zero-order valence-electron chi connectivity index (χ0n) is 17.0. The zero-order chi connectivity index (χ0) is 22.2. The molecule has 32 heavy (non-hydrogen) atoms. The number of methoxy groups -OCH3 is 1. The van der Waals surface area contributed by atoms with Gasteiger partial charge in [0.2, 0.25) is 5.78 Å². The Morgan fingerprint density at radius 2 is 2.00 bits per heavy atom. The molecule has 0 fully saturated rings. The minimum Gasteiger partial charge on any atom is -0.503 e. The number of carbonyl (C=O) groups is 2. The molecule has 5 rings (SSSR count). The molecular formula is C24H18N2O6. The Kier molecular flexibility index (Phi) is 4.74. The quantitative estimate of drug-likeness (QED) is 0.457. The number of ether oxygens (including phenoxy) is 1. The molecule has 0 saturated heterocycles. The lowest BCUT2D eigenvalue weighted by Crippen LogP contribution is -2.30. The third-order valence-electron chi connectivity index (χ3n) is 5.43. The van der Waals surface area contributed by atoms with Crippen molar-refractivity contribution in [2.45, 2.75) is 12.6 Å². The number of carbonyl (C=O) groups excluding carboxylic acids is 2. The molecule has 4 aromatic rings. The molecule has 3 aromatic heterocycles. The van der Waals surface area contributed by atoms with Gasteiger partial charge >= 0.3 is 0 Å². The van der Waals surface area contributed by atoms with Crippen LogP contribution in [-0.4, -0.2) is 33.8 Å². The average Bonchev–Trinajstić information content (AvgIpc) is 3.54. The smallest absolute Gasteiger partial charge is 0.290 e. The Morgan fingerprint density at radius 1 is 1.19 bits per heavy atom. The lowest BCUT2D eigenvalue weighted by molar-refractivity contribution is -0.130. The van der Waals surface area contributed by atoms with Crippen molar-refractivity contribution in [2.75, 3.05) is 7.11 Å². The molecule has 8 nitrogen and oxygen atoms in total. The largest absolute Gasteiger partial charge is 0.503 e. The normalized spacial score (nSPS) is 16.2. The fourth-order valence-electron chi connectivity index (χ4n) is 3.95. The van der Waals surface area contributed by atoms with Crippen LogP contribution < -0.4 is 4.74 Å². The molecule has 0 aliphatic carbocycles. The summed E-state index contributed by atoms with van der Waals surface area (Å²) in [6.07, 6.45) is 4.63. The summed E-state index contributed by atoms with van der Waals surface area (Å²) >= 11 is 0. The zero-order valence-corrected chi connectivity index (χ0v) is 17.0. The van der Waals surface area contributed by atoms with Crippen molar-refractivity contribution >= 4 is 22.7 Å². The van der Waals surface area contributed by atoms with Gasteiger partial charge in [-0.1, -0.05) is 12.1 Å². The Bertz CT molecular complexity index is 1340. The molecule has 8 heteroatoms. The highest BCUT2D eigenvalue weighted by Gasteiger charge is 2.44. The highest BCUT2D eigenvalue weighted by Crippen LogP contribution is 2.40. The highest BCUT2D eigenvalue weighted by atomic mass is 16.5. The molecule has 1 atom stereocenters. The number of rotatable bonds is 6. The van der Waals surface area contributed by atoms with E-state index in [0.29, 0.717) is 28.0 Å². The van der Waals surface area contributed by atoms with Crippen LogP contribution in [0.5, 0.6) is 5.75 Å². The van der Waals surface area contributed by atoms with Crippen molar-refractivity contribution in [2.24, 2.45) is 0 Å². The van der Waals surface area contributed by atoms with Crippen molar-refractivity contribution in [3.05, 3.63) is 95.6 Å². The second-order valence-corrected chi connectivity index (χ2v) is 7.28. The molecule has 1 aliphatic rings. The number of furan rings is 2. The van der Waals surface area contributed by atoms with E-state index < -0.39 is 23.5 Å². The number of fused-ring (bicyclic) bond motifs is 1. The second kappa shape index (κ2) is 7.73. The number of amides is 1. The van der Waals surface area contributed by atoms with E-state index in [9.17, 15) is 14.7 Å². The number of hydrogen-bond donors (Lipinski definition) is 1. The van der Waals surface area contributed by atoms with Crippen LogP contribution in [0.2, 0.25) is 0 Å². The first-order valence-corrected chi connectivity index (χ1v) is 9.86. The van der Waals surface area contributed by atoms with Gasteiger partial charge in [-0.05, 0) is 42.0 Å². The van der Waals surface area contributed by atoms with E-state index in [1.165, 1.54) is 18.3 Å². The minimum atomic E-state index is -0.835. The second-order valence-electron chi connectivity index (χ2n) is 7.28. The van der Waals surface area contributed by atoms with Crippen molar-refractivity contribution in [1.82, 2.24) is 9.88 Å². The van der Waals surface area contributed by atoms with E-state index in [1.807, 2.05) is 0 Å². The number of pyridine rings is 1. The number of aliphatic hydroxyl groups is 1. The summed E-state index contributed by atoms with van der Waals surface area (Å²) in [5, 5.41) is 11.4. The standard InChI is InChI=1S/C24H18N2O6/c1-30-17-6-2-4-15-12-18(32-23(15)17)21(27)19-20(14-7-9-25-10-8-14)26(24(29)22(19)28)13-16-5-3-11-31-16/h2-12,20,28H,13H2,1H3. The summed E-state index contributed by atoms with van der Waals surface area (Å²) in [6.45, 7) is 0.0770. The minimum absolute atomic E-state index is 0.00208. The Hall–Kier alpha value is -4.33. The summed E-state index contributed by atoms with van der Waals surface area (Å²) in [7, 11) is 1.51. The van der Waals surface area contributed by atoms with Crippen LogP contribution in [0.25, 0.3) is 11.0 Å². The number of nitrogens with zero attached hydrogens (tertiary/aromatic N) is 2. The molecule has 0 spiro atoms. The molecule has 0 bridgehead atoms. The fourth-order valence-corrected chi connectivity index (χ4v) is 3.95. The van der Waals surface area contributed by atoms with Crippen LogP contribution in [0.1, 0.15) is 27.9 Å². The number of para-hydroxylation sites is 1. The molecule has 4 heterocycles. The van der Waals surface area contributed by atoms with Crippen LogP contribution >= 0.6 is 0 Å². The first-order chi connectivity index (χ1) is 15.6. The lowest BCUT2D eigenvalue weighted by Gasteiger charge is -2.25. The molecule has 1 aromatic carbocycles. The number of hydrogen-bond acceptors (Lipinski definition) is 7. The predicted molar refractivity (Wildman–Crippen MR) is 113 cm³/mol. The van der Waals surface area contributed by atoms with E-state index in [0.717, 1.165) is 0 Å². The van der Waals surface area contributed by atoms with Gasteiger partial charge in [-0.25, -0.2) is 0 Å². The molecule has 0 radical (unpaired) electrons. The maximum Gasteiger partial charge on any atom is 0.290 e. The molecule has 0 saturated carbocycles. The summed E-state index contributed by atoms with van der Waals surface area (Å²) < 4.78 is 16.5. The lowest BCUT2D eigenvalue weighted by atomic mass is 9.95. The first kappa shape index (κ1) is 19.6. The van der Waals surface area contributed by atoms with Gasteiger partial charge in [0.15, 0.2) is 22.9 Å². The van der Waals surface area contributed by atoms with Crippen molar-refractivity contribution in [1.29, 1.82) is 0 Å². The molecule has 1 aliphatic heterocycles. The maximum absolute atomic E-state index is 13.5. The monoisotopic (exact) mass is 430 g/mol. The Labute approximate surface area is 182 Å². The number of ketones is 1. The van der Waals surface area contributed by atoms with Gasteiger partial charge in [0.25, 0.3) is 5.91 Å². The molecule has 1 unspecified atom stereocenters. The van der Waals surface area contributed by atoms with Gasteiger partial charge in [0, 0.05) is 17.8 Å².